The SMILES string of the molecule is Cl.c1cc(C([Si]CCCN2CCCC2)c2ccoc2)co1. The molecule has 2 aromatic heterocycles. The van der Waals surface area contributed by atoms with Gasteiger partial charge in [-0.2, -0.15) is 0 Å². The van der Waals surface area contributed by atoms with Crippen molar-refractivity contribution in [1.82, 2.24) is 4.90 Å². The fourth-order valence-electron chi connectivity index (χ4n) is 2.86. The van der Waals surface area contributed by atoms with Crippen LogP contribution in [0.15, 0.2) is 46.0 Å². The van der Waals surface area contributed by atoms with Crippen molar-refractivity contribution in [1.29, 1.82) is 0 Å². The number of furan rings is 2. The van der Waals surface area contributed by atoms with Gasteiger partial charge in [0.1, 0.15) is 0 Å². The van der Waals surface area contributed by atoms with Crippen LogP contribution >= 0.6 is 12.4 Å². The first-order chi connectivity index (χ1) is 9.93. The molecule has 0 bridgehead atoms. The Morgan fingerprint density at radius 1 is 1.05 bits per heavy atom. The molecule has 1 saturated heterocycles. The third-order valence-corrected chi connectivity index (χ3v) is 5.67. The number of hydrogen-bond acceptors (Lipinski definition) is 3. The summed E-state index contributed by atoms with van der Waals surface area (Å²) in [6.45, 7) is 3.86. The number of nitrogens with zero attached hydrogens (tertiary/aromatic N) is 1. The molecule has 0 unspecified atom stereocenters. The van der Waals surface area contributed by atoms with E-state index in [2.05, 4.69) is 17.0 Å². The average Bonchev–Trinajstić information content (AvgIpc) is 3.22. The van der Waals surface area contributed by atoms with E-state index in [4.69, 9.17) is 8.83 Å². The van der Waals surface area contributed by atoms with Gasteiger partial charge < -0.3 is 13.7 Å². The monoisotopic (exact) mass is 323 g/mol. The highest BCUT2D eigenvalue weighted by Gasteiger charge is 2.17. The Kier molecular flexibility index (Phi) is 6.61. The maximum absolute atomic E-state index is 5.25. The standard InChI is InChI=1S/C16H21NO2Si.ClH/c1-2-7-17(6-1)8-3-11-20-16(14-4-9-18-12-14)15-5-10-19-13-15;/h4-5,9-10,12-13,16H,1-3,6-8,11H2;1H. The minimum Gasteiger partial charge on any atom is -0.472 e. The molecule has 3 rings (SSSR count). The second-order valence-electron chi connectivity index (χ2n) is 5.40. The Hall–Kier alpha value is -0.973. The van der Waals surface area contributed by atoms with E-state index in [0.717, 1.165) is 9.52 Å². The third-order valence-electron chi connectivity index (χ3n) is 3.95. The van der Waals surface area contributed by atoms with Crippen molar-refractivity contribution in [2.75, 3.05) is 19.6 Å². The van der Waals surface area contributed by atoms with E-state index < -0.39 is 0 Å². The van der Waals surface area contributed by atoms with Crippen molar-refractivity contribution in [3.05, 3.63) is 48.3 Å². The van der Waals surface area contributed by atoms with Crippen LogP contribution in [0.4, 0.5) is 0 Å². The van der Waals surface area contributed by atoms with Gasteiger partial charge in [0.25, 0.3) is 0 Å². The summed E-state index contributed by atoms with van der Waals surface area (Å²) in [5.74, 6) is 0. The smallest absolute Gasteiger partial charge is 0.0937 e. The zero-order valence-electron chi connectivity index (χ0n) is 12.2. The molecular formula is C16H22ClNO2Si. The molecule has 0 N–H and O–H groups in total. The van der Waals surface area contributed by atoms with E-state index in [9.17, 15) is 0 Å². The van der Waals surface area contributed by atoms with Gasteiger partial charge in [-0.1, -0.05) is 6.04 Å². The molecule has 3 heterocycles. The van der Waals surface area contributed by atoms with E-state index in [1.807, 2.05) is 12.5 Å². The van der Waals surface area contributed by atoms with Crippen molar-refractivity contribution in [2.45, 2.75) is 30.8 Å². The predicted octanol–water partition coefficient (Wildman–Crippen LogP) is 3.99. The summed E-state index contributed by atoms with van der Waals surface area (Å²) >= 11 is 0. The summed E-state index contributed by atoms with van der Waals surface area (Å²) in [5.41, 5.74) is 2.97. The van der Waals surface area contributed by atoms with Gasteiger partial charge >= 0.3 is 0 Å². The maximum Gasteiger partial charge on any atom is 0.0937 e. The lowest BCUT2D eigenvalue weighted by Crippen LogP contribution is -2.21. The number of likely N-dealkylation sites (tertiary alicyclic amines) is 1. The second-order valence-corrected chi connectivity index (χ2v) is 6.89. The molecular weight excluding hydrogens is 302 g/mol. The Morgan fingerprint density at radius 2 is 1.67 bits per heavy atom. The zero-order valence-corrected chi connectivity index (χ0v) is 14.0. The molecule has 0 amide bonds. The highest BCUT2D eigenvalue weighted by Crippen LogP contribution is 2.25. The summed E-state index contributed by atoms with van der Waals surface area (Å²) < 4.78 is 10.5. The van der Waals surface area contributed by atoms with E-state index in [1.54, 1.807) is 12.5 Å². The Bertz CT molecular complexity index is 446. The van der Waals surface area contributed by atoms with Gasteiger partial charge in [-0.15, -0.1) is 12.4 Å². The molecule has 21 heavy (non-hydrogen) atoms. The Balaban J connectivity index is 0.00000161. The molecule has 0 atom stereocenters. The van der Waals surface area contributed by atoms with Crippen LogP contribution in [0.5, 0.6) is 0 Å². The topological polar surface area (TPSA) is 29.5 Å². The molecule has 2 radical (unpaired) electrons. The summed E-state index contributed by atoms with van der Waals surface area (Å²) in [5, 5.41) is 0. The van der Waals surface area contributed by atoms with Crippen molar-refractivity contribution < 1.29 is 8.83 Å². The van der Waals surface area contributed by atoms with E-state index in [1.165, 1.54) is 56.1 Å². The average molecular weight is 324 g/mol. The molecule has 0 aromatic carbocycles. The molecule has 2 aromatic rings. The maximum atomic E-state index is 5.25. The van der Waals surface area contributed by atoms with Crippen LogP contribution in [-0.4, -0.2) is 34.1 Å². The highest BCUT2D eigenvalue weighted by atomic mass is 35.5. The van der Waals surface area contributed by atoms with Crippen molar-refractivity contribution in [2.24, 2.45) is 0 Å². The lowest BCUT2D eigenvalue weighted by molar-refractivity contribution is 0.339. The van der Waals surface area contributed by atoms with Crippen LogP contribution in [0, 0.1) is 0 Å². The van der Waals surface area contributed by atoms with Crippen LogP contribution in [0.25, 0.3) is 0 Å². The number of hydrogen-bond donors (Lipinski definition) is 0. The van der Waals surface area contributed by atoms with Crippen LogP contribution in [0.2, 0.25) is 6.04 Å². The minimum absolute atomic E-state index is 0. The largest absolute Gasteiger partial charge is 0.472 e. The molecule has 114 valence electrons. The van der Waals surface area contributed by atoms with E-state index in [-0.39, 0.29) is 12.4 Å². The fourth-order valence-corrected chi connectivity index (χ4v) is 4.31. The molecule has 5 heteroatoms. The predicted molar refractivity (Wildman–Crippen MR) is 87.4 cm³/mol. The lowest BCUT2D eigenvalue weighted by Gasteiger charge is -2.16. The Labute approximate surface area is 134 Å². The van der Waals surface area contributed by atoms with Crippen LogP contribution < -0.4 is 0 Å². The molecule has 3 nitrogen and oxygen atoms in total. The molecule has 0 spiro atoms. The summed E-state index contributed by atoms with van der Waals surface area (Å²) in [6.07, 6.45) is 11.3. The van der Waals surface area contributed by atoms with Crippen molar-refractivity contribution >= 4 is 21.9 Å². The minimum atomic E-state index is 0. The first-order valence-corrected chi connectivity index (χ1v) is 8.72. The molecule has 1 aliphatic rings. The van der Waals surface area contributed by atoms with Crippen LogP contribution in [-0.2, 0) is 0 Å². The van der Waals surface area contributed by atoms with Gasteiger partial charge in [0.2, 0.25) is 0 Å². The lowest BCUT2D eigenvalue weighted by atomic mass is 10.1. The highest BCUT2D eigenvalue weighted by molar-refractivity contribution is 6.39. The zero-order chi connectivity index (χ0) is 13.6. The summed E-state index contributed by atoms with van der Waals surface area (Å²) in [4.78, 5) is 2.59. The molecule has 0 saturated carbocycles. The Morgan fingerprint density at radius 3 is 2.19 bits per heavy atom. The summed E-state index contributed by atoms with van der Waals surface area (Å²) in [6, 6.07) is 5.42. The van der Waals surface area contributed by atoms with Gasteiger partial charge in [0.05, 0.1) is 34.6 Å². The van der Waals surface area contributed by atoms with Crippen molar-refractivity contribution in [3.8, 4) is 0 Å². The number of halogens is 1. The van der Waals surface area contributed by atoms with Gasteiger partial charge in [0, 0.05) is 5.54 Å². The molecule has 0 aliphatic carbocycles. The quantitative estimate of drug-likeness (QED) is 0.570. The molecule has 1 aliphatic heterocycles. The van der Waals surface area contributed by atoms with Gasteiger partial charge in [0.15, 0.2) is 0 Å². The third kappa shape index (κ3) is 4.50. The van der Waals surface area contributed by atoms with Gasteiger partial charge in [-0.05, 0) is 62.2 Å². The normalized spacial score (nSPS) is 15.5. The first kappa shape index (κ1) is 16.4. The van der Waals surface area contributed by atoms with E-state index in [0.29, 0.717) is 5.54 Å². The fraction of sp³-hybridized carbons (Fsp3) is 0.500. The second kappa shape index (κ2) is 8.46. The van der Waals surface area contributed by atoms with Crippen molar-refractivity contribution in [3.63, 3.8) is 0 Å². The van der Waals surface area contributed by atoms with Crippen LogP contribution in [0.1, 0.15) is 35.9 Å². The van der Waals surface area contributed by atoms with E-state index >= 15 is 0 Å². The van der Waals surface area contributed by atoms with Crippen LogP contribution in [0.3, 0.4) is 0 Å². The van der Waals surface area contributed by atoms with Gasteiger partial charge in [-0.25, -0.2) is 0 Å². The number of rotatable bonds is 7. The molecule has 1 fully saturated rings. The van der Waals surface area contributed by atoms with Gasteiger partial charge in [-0.3, -0.25) is 0 Å². The first-order valence-electron chi connectivity index (χ1n) is 7.43. The summed E-state index contributed by atoms with van der Waals surface area (Å²) in [7, 11) is 0.888.